The van der Waals surface area contributed by atoms with E-state index in [2.05, 4.69) is 22.9 Å². The van der Waals surface area contributed by atoms with Crippen LogP contribution in [0.1, 0.15) is 39.0 Å². The summed E-state index contributed by atoms with van der Waals surface area (Å²) in [7, 11) is 0. The summed E-state index contributed by atoms with van der Waals surface area (Å²) in [4.78, 5) is 10.5. The molecule has 72 valence electrons. The maximum atomic E-state index is 10.5. The minimum Gasteiger partial charge on any atom is -0.479 e. The molecule has 1 N–H and O–H groups in total. The van der Waals surface area contributed by atoms with Crippen LogP contribution >= 0.6 is 27.5 Å². The van der Waals surface area contributed by atoms with Crippen LogP contribution in [0.3, 0.4) is 0 Å². The first kappa shape index (κ1) is 12.2. The van der Waals surface area contributed by atoms with Gasteiger partial charge in [0.15, 0.2) is 3.78 Å². The molecule has 12 heavy (non-hydrogen) atoms. The zero-order valence-corrected chi connectivity index (χ0v) is 9.49. The lowest BCUT2D eigenvalue weighted by atomic mass is 10.1. The van der Waals surface area contributed by atoms with Gasteiger partial charge in [0.1, 0.15) is 0 Å². The van der Waals surface area contributed by atoms with Gasteiger partial charge in [0.25, 0.3) is 0 Å². The van der Waals surface area contributed by atoms with Gasteiger partial charge in [-0.15, -0.1) is 0 Å². The summed E-state index contributed by atoms with van der Waals surface area (Å²) in [5.74, 6) is -0.999. The van der Waals surface area contributed by atoms with Crippen LogP contribution in [0, 0.1) is 0 Å². The second kappa shape index (κ2) is 5.81. The number of hydrogen-bond donors (Lipinski definition) is 1. The molecule has 0 aromatic rings. The molecule has 0 heterocycles. The average Bonchev–Trinajstić information content (AvgIpc) is 1.98. The van der Waals surface area contributed by atoms with Crippen LogP contribution in [0.4, 0.5) is 0 Å². The number of alkyl halides is 2. The van der Waals surface area contributed by atoms with E-state index >= 15 is 0 Å². The van der Waals surface area contributed by atoms with Crippen molar-refractivity contribution in [1.29, 1.82) is 0 Å². The Bertz CT molecular complexity index is 148. The molecule has 0 aromatic heterocycles. The van der Waals surface area contributed by atoms with Gasteiger partial charge in [-0.1, -0.05) is 60.1 Å². The third kappa shape index (κ3) is 4.99. The highest BCUT2D eigenvalue weighted by Gasteiger charge is 2.31. The number of hydrogen-bond acceptors (Lipinski definition) is 1. The summed E-state index contributed by atoms with van der Waals surface area (Å²) in [5, 5.41) is 8.62. The number of rotatable bonds is 6. The number of carbonyl (C=O) groups is 1. The van der Waals surface area contributed by atoms with Gasteiger partial charge >= 0.3 is 5.97 Å². The maximum Gasteiger partial charge on any atom is 0.335 e. The molecule has 0 bridgehead atoms. The van der Waals surface area contributed by atoms with Crippen molar-refractivity contribution in [2.45, 2.75) is 42.8 Å². The molecule has 0 fully saturated rings. The molecule has 1 unspecified atom stereocenters. The van der Waals surface area contributed by atoms with Gasteiger partial charge in [-0.3, -0.25) is 0 Å². The minimum absolute atomic E-state index is 0.476. The number of halogens is 2. The van der Waals surface area contributed by atoms with Crippen LogP contribution in [-0.4, -0.2) is 14.9 Å². The van der Waals surface area contributed by atoms with E-state index in [4.69, 9.17) is 16.7 Å². The fourth-order valence-electron chi connectivity index (χ4n) is 0.881. The molecule has 0 aliphatic rings. The Hall–Kier alpha value is 0.240. The Morgan fingerprint density at radius 1 is 1.50 bits per heavy atom. The largest absolute Gasteiger partial charge is 0.479 e. The number of carboxylic acids is 1. The van der Waals surface area contributed by atoms with Crippen molar-refractivity contribution in [2.75, 3.05) is 0 Å². The minimum atomic E-state index is -1.25. The van der Waals surface area contributed by atoms with Crippen LogP contribution in [-0.2, 0) is 4.79 Å². The van der Waals surface area contributed by atoms with Gasteiger partial charge in [0.05, 0.1) is 0 Å². The number of unbranched alkanes of at least 4 members (excludes halogenated alkanes) is 3. The summed E-state index contributed by atoms with van der Waals surface area (Å²) in [6.45, 7) is 2.11. The Kier molecular flexibility index (Phi) is 5.93. The normalized spacial score (nSPS) is 15.6. The lowest BCUT2D eigenvalue weighted by molar-refractivity contribution is -0.137. The van der Waals surface area contributed by atoms with Crippen molar-refractivity contribution in [3.8, 4) is 0 Å². The Morgan fingerprint density at radius 3 is 2.50 bits per heavy atom. The highest BCUT2D eigenvalue weighted by atomic mass is 79.9. The SMILES string of the molecule is CCCCCCC(Cl)(Br)C(=O)O. The van der Waals surface area contributed by atoms with E-state index in [1.54, 1.807) is 0 Å². The van der Waals surface area contributed by atoms with Crippen LogP contribution in [0.25, 0.3) is 0 Å². The Labute approximate surface area is 86.4 Å². The molecule has 0 spiro atoms. The third-order valence-electron chi connectivity index (χ3n) is 1.66. The summed E-state index contributed by atoms with van der Waals surface area (Å²) < 4.78 is -1.25. The predicted octanol–water partition coefficient (Wildman–Crippen LogP) is 3.37. The first-order chi connectivity index (χ1) is 5.50. The van der Waals surface area contributed by atoms with Crippen molar-refractivity contribution in [1.82, 2.24) is 0 Å². The van der Waals surface area contributed by atoms with Crippen molar-refractivity contribution in [3.05, 3.63) is 0 Å². The fourth-order valence-corrected chi connectivity index (χ4v) is 1.29. The zero-order chi connectivity index (χ0) is 9.61. The van der Waals surface area contributed by atoms with Crippen LogP contribution in [0.15, 0.2) is 0 Å². The molecule has 0 saturated carbocycles. The third-order valence-corrected chi connectivity index (χ3v) is 2.74. The van der Waals surface area contributed by atoms with E-state index in [0.29, 0.717) is 6.42 Å². The van der Waals surface area contributed by atoms with E-state index in [0.717, 1.165) is 25.7 Å². The first-order valence-electron chi connectivity index (χ1n) is 4.12. The monoisotopic (exact) mass is 256 g/mol. The van der Waals surface area contributed by atoms with Crippen molar-refractivity contribution < 1.29 is 9.90 Å². The van der Waals surface area contributed by atoms with Gasteiger partial charge in [-0.25, -0.2) is 4.79 Å². The molecule has 1 atom stereocenters. The zero-order valence-electron chi connectivity index (χ0n) is 7.15. The van der Waals surface area contributed by atoms with Crippen molar-refractivity contribution in [3.63, 3.8) is 0 Å². The van der Waals surface area contributed by atoms with Crippen LogP contribution < -0.4 is 0 Å². The maximum absolute atomic E-state index is 10.5. The summed E-state index contributed by atoms with van der Waals surface area (Å²) in [5.41, 5.74) is 0. The van der Waals surface area contributed by atoms with E-state index in [-0.39, 0.29) is 0 Å². The molecule has 2 nitrogen and oxygen atoms in total. The molecule has 0 aliphatic heterocycles. The lowest BCUT2D eigenvalue weighted by Crippen LogP contribution is -2.24. The second-order valence-electron chi connectivity index (χ2n) is 2.82. The standard InChI is InChI=1S/C8H14BrClO2/c1-2-3-4-5-6-8(9,10)7(11)12/h2-6H2,1H3,(H,11,12). The molecule has 0 rings (SSSR count). The topological polar surface area (TPSA) is 37.3 Å². The highest BCUT2D eigenvalue weighted by molar-refractivity contribution is 9.10. The van der Waals surface area contributed by atoms with Crippen LogP contribution in [0.5, 0.6) is 0 Å². The van der Waals surface area contributed by atoms with Crippen molar-refractivity contribution >= 4 is 33.5 Å². The average molecular weight is 258 g/mol. The molecule has 0 aliphatic carbocycles. The molecule has 0 aromatic carbocycles. The fraction of sp³-hybridized carbons (Fsp3) is 0.875. The quantitative estimate of drug-likeness (QED) is 0.585. The second-order valence-corrected chi connectivity index (χ2v) is 5.28. The molecular formula is C8H14BrClO2. The Balaban J connectivity index is 3.54. The van der Waals surface area contributed by atoms with E-state index < -0.39 is 9.75 Å². The van der Waals surface area contributed by atoms with Crippen molar-refractivity contribution in [2.24, 2.45) is 0 Å². The lowest BCUT2D eigenvalue weighted by Gasteiger charge is -2.13. The van der Waals surface area contributed by atoms with E-state index in [1.165, 1.54) is 0 Å². The Morgan fingerprint density at radius 2 is 2.08 bits per heavy atom. The molecule has 0 saturated heterocycles. The summed E-state index contributed by atoms with van der Waals surface area (Å²) >= 11 is 8.63. The van der Waals surface area contributed by atoms with Gasteiger partial charge in [0.2, 0.25) is 0 Å². The number of carboxylic acid groups (broad SMARTS) is 1. The predicted molar refractivity (Wildman–Crippen MR) is 53.9 cm³/mol. The summed E-state index contributed by atoms with van der Waals surface area (Å²) in [6.07, 6.45) is 4.66. The molecule has 0 amide bonds. The smallest absolute Gasteiger partial charge is 0.335 e. The van der Waals surface area contributed by atoms with Crippen LogP contribution in [0.2, 0.25) is 0 Å². The molecule has 4 heteroatoms. The molecular weight excluding hydrogens is 243 g/mol. The van der Waals surface area contributed by atoms with E-state index in [9.17, 15) is 4.79 Å². The van der Waals surface area contributed by atoms with Gasteiger partial charge < -0.3 is 5.11 Å². The van der Waals surface area contributed by atoms with Gasteiger partial charge in [-0.2, -0.15) is 0 Å². The first-order valence-corrected chi connectivity index (χ1v) is 5.29. The van der Waals surface area contributed by atoms with Gasteiger partial charge in [-0.05, 0) is 6.42 Å². The summed E-state index contributed by atoms with van der Waals surface area (Å²) in [6, 6.07) is 0. The van der Waals surface area contributed by atoms with Gasteiger partial charge in [0, 0.05) is 0 Å². The number of aliphatic carboxylic acids is 1. The van der Waals surface area contributed by atoms with E-state index in [1.807, 2.05) is 0 Å². The highest BCUT2D eigenvalue weighted by Crippen LogP contribution is 2.30. The molecule has 0 radical (unpaired) electrons.